The second-order valence-corrected chi connectivity index (χ2v) is 7.27. The molecule has 0 fully saturated rings. The topological polar surface area (TPSA) is 98.8 Å². The van der Waals surface area contributed by atoms with Crippen molar-refractivity contribution in [2.75, 3.05) is 18.9 Å². The molecule has 0 aliphatic rings. The Kier molecular flexibility index (Phi) is 5.66. The van der Waals surface area contributed by atoms with E-state index in [1.807, 2.05) is 0 Å². The fourth-order valence-electron chi connectivity index (χ4n) is 2.36. The Hall–Kier alpha value is -2.87. The molecule has 0 aromatic heterocycles. The van der Waals surface area contributed by atoms with Gasteiger partial charge in [0.1, 0.15) is 0 Å². The Morgan fingerprint density at radius 1 is 0.923 bits per heavy atom. The maximum Gasteiger partial charge on any atom is 0.339 e. The van der Waals surface area contributed by atoms with E-state index in [9.17, 15) is 18.0 Å². The van der Waals surface area contributed by atoms with E-state index in [0.717, 1.165) is 5.56 Å². The number of benzene rings is 2. The van der Waals surface area contributed by atoms with Crippen molar-refractivity contribution in [1.82, 2.24) is 0 Å². The Morgan fingerprint density at radius 3 is 2.19 bits per heavy atom. The molecular weight excluding hydrogens is 358 g/mol. The van der Waals surface area contributed by atoms with E-state index in [1.165, 1.54) is 38.5 Å². The van der Waals surface area contributed by atoms with Crippen LogP contribution in [0.4, 0.5) is 5.69 Å². The van der Waals surface area contributed by atoms with Crippen molar-refractivity contribution in [3.8, 4) is 0 Å². The lowest BCUT2D eigenvalue weighted by Gasteiger charge is -2.14. The van der Waals surface area contributed by atoms with E-state index in [-0.39, 0.29) is 21.7 Å². The first kappa shape index (κ1) is 19.5. The molecule has 0 amide bonds. The van der Waals surface area contributed by atoms with E-state index >= 15 is 0 Å². The molecule has 26 heavy (non-hydrogen) atoms. The summed E-state index contributed by atoms with van der Waals surface area (Å²) in [6.07, 6.45) is 0. The van der Waals surface area contributed by atoms with Crippen molar-refractivity contribution in [3.05, 3.63) is 58.7 Å². The van der Waals surface area contributed by atoms with Gasteiger partial charge in [0.2, 0.25) is 0 Å². The van der Waals surface area contributed by atoms with Crippen LogP contribution >= 0.6 is 0 Å². The van der Waals surface area contributed by atoms with Gasteiger partial charge in [0, 0.05) is 0 Å². The highest BCUT2D eigenvalue weighted by molar-refractivity contribution is 7.92. The average molecular weight is 377 g/mol. The number of methoxy groups -OCH3 is 2. The zero-order valence-corrected chi connectivity index (χ0v) is 15.6. The first-order chi connectivity index (χ1) is 12.2. The van der Waals surface area contributed by atoms with E-state index < -0.39 is 22.0 Å². The van der Waals surface area contributed by atoms with Crippen LogP contribution in [-0.2, 0) is 19.5 Å². The van der Waals surface area contributed by atoms with Gasteiger partial charge in [-0.2, -0.15) is 0 Å². The van der Waals surface area contributed by atoms with Gasteiger partial charge in [0.15, 0.2) is 0 Å². The molecule has 0 radical (unpaired) electrons. The van der Waals surface area contributed by atoms with Crippen LogP contribution in [0.15, 0.2) is 41.3 Å². The lowest BCUT2D eigenvalue weighted by molar-refractivity contribution is 0.0587. The third-order valence-corrected chi connectivity index (χ3v) is 5.23. The summed E-state index contributed by atoms with van der Waals surface area (Å²) in [5, 5.41) is 0. The Bertz CT molecular complexity index is 966. The Labute approximate surface area is 152 Å². The van der Waals surface area contributed by atoms with Crippen LogP contribution in [0.1, 0.15) is 31.8 Å². The van der Waals surface area contributed by atoms with Gasteiger partial charge in [-0.1, -0.05) is 12.1 Å². The fraction of sp³-hybridized carbons (Fsp3) is 0.222. The molecule has 2 aromatic rings. The van der Waals surface area contributed by atoms with E-state index in [4.69, 9.17) is 0 Å². The predicted octanol–water partition coefficient (Wildman–Crippen LogP) is 2.68. The highest BCUT2D eigenvalue weighted by Crippen LogP contribution is 2.25. The van der Waals surface area contributed by atoms with Crippen molar-refractivity contribution in [1.29, 1.82) is 0 Å². The molecule has 0 saturated heterocycles. The van der Waals surface area contributed by atoms with Crippen molar-refractivity contribution >= 4 is 27.6 Å². The van der Waals surface area contributed by atoms with Crippen molar-refractivity contribution in [3.63, 3.8) is 0 Å². The van der Waals surface area contributed by atoms with Gasteiger partial charge in [0.05, 0.1) is 35.9 Å². The van der Waals surface area contributed by atoms with E-state index in [0.29, 0.717) is 5.56 Å². The lowest BCUT2D eigenvalue weighted by atomic mass is 10.1. The summed E-state index contributed by atoms with van der Waals surface area (Å²) in [7, 11) is -1.60. The van der Waals surface area contributed by atoms with E-state index in [1.54, 1.807) is 26.0 Å². The highest BCUT2D eigenvalue weighted by atomic mass is 32.2. The molecule has 2 aromatic carbocycles. The molecule has 0 saturated carbocycles. The standard InChI is InChI=1S/C18H19NO6S/c1-11-5-6-12(2)16(9-11)26(22,23)19-15-10-13(17(20)24-3)7-8-14(15)18(21)25-4/h5-10,19H,1-4H3. The number of sulfonamides is 1. The summed E-state index contributed by atoms with van der Waals surface area (Å²) < 4.78 is 37.3. The Balaban J connectivity index is 2.56. The summed E-state index contributed by atoms with van der Waals surface area (Å²) in [6.45, 7) is 3.44. The van der Waals surface area contributed by atoms with Crippen LogP contribution < -0.4 is 4.72 Å². The quantitative estimate of drug-likeness (QED) is 0.805. The van der Waals surface area contributed by atoms with E-state index in [2.05, 4.69) is 14.2 Å². The van der Waals surface area contributed by atoms with Crippen LogP contribution in [-0.4, -0.2) is 34.6 Å². The monoisotopic (exact) mass is 377 g/mol. The van der Waals surface area contributed by atoms with Crippen LogP contribution in [0, 0.1) is 13.8 Å². The number of anilines is 1. The molecule has 7 nitrogen and oxygen atoms in total. The van der Waals surface area contributed by atoms with Crippen molar-refractivity contribution < 1.29 is 27.5 Å². The minimum absolute atomic E-state index is 0.0194. The smallest absolute Gasteiger partial charge is 0.339 e. The normalized spacial score (nSPS) is 10.9. The molecule has 138 valence electrons. The summed E-state index contributed by atoms with van der Waals surface area (Å²) in [5.41, 5.74) is 1.33. The largest absolute Gasteiger partial charge is 0.465 e. The maximum atomic E-state index is 12.8. The molecule has 0 heterocycles. The molecule has 1 N–H and O–H groups in total. The molecule has 0 spiro atoms. The fourth-order valence-corrected chi connectivity index (χ4v) is 3.76. The number of carbonyl (C=O) groups excluding carboxylic acids is 2. The summed E-state index contributed by atoms with van der Waals surface area (Å²) in [6, 6.07) is 8.91. The molecule has 2 rings (SSSR count). The maximum absolute atomic E-state index is 12.8. The van der Waals surface area contributed by atoms with Gasteiger partial charge in [-0.25, -0.2) is 18.0 Å². The molecular formula is C18H19NO6S. The third-order valence-electron chi connectivity index (χ3n) is 3.72. The third kappa shape index (κ3) is 4.02. The second-order valence-electron chi connectivity index (χ2n) is 5.62. The summed E-state index contributed by atoms with van der Waals surface area (Å²) in [4.78, 5) is 23.8. The minimum atomic E-state index is -3.99. The molecule has 8 heteroatoms. The number of esters is 2. The van der Waals surface area contributed by atoms with Gasteiger partial charge in [0.25, 0.3) is 10.0 Å². The highest BCUT2D eigenvalue weighted by Gasteiger charge is 2.22. The van der Waals surface area contributed by atoms with Gasteiger partial charge in [-0.3, -0.25) is 4.72 Å². The molecule has 0 aliphatic carbocycles. The average Bonchev–Trinajstić information content (AvgIpc) is 2.61. The Morgan fingerprint density at radius 2 is 1.58 bits per heavy atom. The second kappa shape index (κ2) is 7.57. The zero-order valence-electron chi connectivity index (χ0n) is 14.8. The summed E-state index contributed by atoms with van der Waals surface area (Å²) in [5.74, 6) is -1.39. The summed E-state index contributed by atoms with van der Waals surface area (Å²) >= 11 is 0. The number of ether oxygens (including phenoxy) is 2. The SMILES string of the molecule is COC(=O)c1ccc(C(=O)OC)c(NS(=O)(=O)c2cc(C)ccc2C)c1. The van der Waals surface area contributed by atoms with Crippen LogP contribution in [0.25, 0.3) is 0 Å². The first-order valence-electron chi connectivity index (χ1n) is 7.60. The number of carbonyl (C=O) groups is 2. The van der Waals surface area contributed by atoms with Crippen molar-refractivity contribution in [2.24, 2.45) is 0 Å². The lowest BCUT2D eigenvalue weighted by Crippen LogP contribution is -2.18. The van der Waals surface area contributed by atoms with Crippen LogP contribution in [0.3, 0.4) is 0 Å². The van der Waals surface area contributed by atoms with Crippen molar-refractivity contribution in [2.45, 2.75) is 18.7 Å². The minimum Gasteiger partial charge on any atom is -0.465 e. The van der Waals surface area contributed by atoms with Gasteiger partial charge < -0.3 is 9.47 Å². The van der Waals surface area contributed by atoms with Gasteiger partial charge in [-0.15, -0.1) is 0 Å². The van der Waals surface area contributed by atoms with Crippen LogP contribution in [0.5, 0.6) is 0 Å². The predicted molar refractivity (Wildman–Crippen MR) is 95.8 cm³/mol. The van der Waals surface area contributed by atoms with Gasteiger partial charge >= 0.3 is 11.9 Å². The molecule has 0 aliphatic heterocycles. The first-order valence-corrected chi connectivity index (χ1v) is 9.08. The number of rotatable bonds is 5. The van der Waals surface area contributed by atoms with Crippen LogP contribution in [0.2, 0.25) is 0 Å². The number of nitrogens with one attached hydrogen (secondary N) is 1. The van der Waals surface area contributed by atoms with Gasteiger partial charge in [-0.05, 0) is 49.2 Å². The number of aryl methyl sites for hydroxylation is 2. The molecule has 0 unspecified atom stereocenters. The number of hydrogen-bond donors (Lipinski definition) is 1. The molecule has 0 bridgehead atoms. The zero-order chi connectivity index (χ0) is 19.5. The number of hydrogen-bond acceptors (Lipinski definition) is 6. The molecule has 0 atom stereocenters.